The van der Waals surface area contributed by atoms with E-state index in [9.17, 15) is 19.2 Å². The van der Waals surface area contributed by atoms with Gasteiger partial charge < -0.3 is 20.8 Å². The first kappa shape index (κ1) is 16.2. The summed E-state index contributed by atoms with van der Waals surface area (Å²) in [5.41, 5.74) is 0. The molecule has 0 aliphatic rings. The normalized spacial score (nSPS) is 11.4. The van der Waals surface area contributed by atoms with E-state index in [2.05, 4.69) is 23.3 Å². The summed E-state index contributed by atoms with van der Waals surface area (Å²) in [5, 5.41) is 21.1. The van der Waals surface area contributed by atoms with E-state index in [1.54, 1.807) is 0 Å². The second kappa shape index (κ2) is 8.34. The van der Waals surface area contributed by atoms with Gasteiger partial charge in [-0.05, 0) is 0 Å². The van der Waals surface area contributed by atoms with Crippen molar-refractivity contribution in [2.45, 2.75) is 18.9 Å². The average Bonchev–Trinajstić information content (AvgIpc) is 2.30. The molecule has 0 fully saturated rings. The summed E-state index contributed by atoms with van der Waals surface area (Å²) in [6.45, 7) is -0.561. The summed E-state index contributed by atoms with van der Waals surface area (Å²) in [6.07, 6.45) is -0.603. The minimum Gasteiger partial charge on any atom is -0.481 e. The minimum atomic E-state index is -1.21. The predicted octanol–water partition coefficient (Wildman–Crippen LogP) is -1.53. The molecule has 0 saturated heterocycles. The SMILES string of the molecule is O=C(O)CCC(=O)NC(CS)C(=O)NCC(=O)O. The molecule has 2 amide bonds. The molecular weight excluding hydrogens is 264 g/mol. The van der Waals surface area contributed by atoms with E-state index in [1.165, 1.54) is 0 Å². The Morgan fingerprint density at radius 3 is 2.11 bits per heavy atom. The van der Waals surface area contributed by atoms with Crippen molar-refractivity contribution in [1.82, 2.24) is 10.6 Å². The quantitative estimate of drug-likeness (QED) is 0.342. The van der Waals surface area contributed by atoms with Crippen LogP contribution in [0.1, 0.15) is 12.8 Å². The van der Waals surface area contributed by atoms with Crippen LogP contribution < -0.4 is 10.6 Å². The number of carboxylic acids is 2. The molecule has 4 N–H and O–H groups in total. The number of thiol groups is 1. The van der Waals surface area contributed by atoms with E-state index in [1.807, 2.05) is 0 Å². The van der Waals surface area contributed by atoms with Gasteiger partial charge in [0.05, 0.1) is 6.42 Å². The van der Waals surface area contributed by atoms with Crippen LogP contribution in [0.15, 0.2) is 0 Å². The van der Waals surface area contributed by atoms with E-state index in [-0.39, 0.29) is 18.6 Å². The van der Waals surface area contributed by atoms with Gasteiger partial charge in [-0.1, -0.05) is 0 Å². The first-order chi connectivity index (χ1) is 8.36. The molecule has 8 nitrogen and oxygen atoms in total. The van der Waals surface area contributed by atoms with Gasteiger partial charge in [-0.3, -0.25) is 19.2 Å². The Morgan fingerprint density at radius 2 is 1.67 bits per heavy atom. The van der Waals surface area contributed by atoms with Crippen LogP contribution in [-0.2, 0) is 19.2 Å². The lowest BCUT2D eigenvalue weighted by atomic mass is 10.2. The fourth-order valence-corrected chi connectivity index (χ4v) is 1.22. The first-order valence-corrected chi connectivity index (χ1v) is 5.61. The lowest BCUT2D eigenvalue weighted by Gasteiger charge is -2.15. The van der Waals surface area contributed by atoms with E-state index in [4.69, 9.17) is 10.2 Å². The number of carbonyl (C=O) groups excluding carboxylic acids is 2. The van der Waals surface area contributed by atoms with Crippen LogP contribution in [0.25, 0.3) is 0 Å². The topological polar surface area (TPSA) is 133 Å². The number of carbonyl (C=O) groups is 4. The number of rotatable bonds is 8. The summed E-state index contributed by atoms with van der Waals surface area (Å²) in [5.74, 6) is -3.65. The molecule has 0 aromatic carbocycles. The molecule has 0 radical (unpaired) electrons. The monoisotopic (exact) mass is 278 g/mol. The fourth-order valence-electron chi connectivity index (χ4n) is 0.967. The van der Waals surface area contributed by atoms with E-state index >= 15 is 0 Å². The number of carboxylic acid groups (broad SMARTS) is 2. The lowest BCUT2D eigenvalue weighted by Crippen LogP contribution is -2.49. The van der Waals surface area contributed by atoms with Crippen molar-refractivity contribution in [2.24, 2.45) is 0 Å². The van der Waals surface area contributed by atoms with Crippen LogP contribution in [0, 0.1) is 0 Å². The number of hydrogen-bond acceptors (Lipinski definition) is 5. The van der Waals surface area contributed by atoms with Gasteiger partial charge in [0.2, 0.25) is 11.8 Å². The Labute approximate surface area is 108 Å². The zero-order chi connectivity index (χ0) is 14.1. The zero-order valence-corrected chi connectivity index (χ0v) is 10.3. The van der Waals surface area contributed by atoms with Crippen molar-refractivity contribution in [3.8, 4) is 0 Å². The molecule has 0 aromatic heterocycles. The number of amides is 2. The van der Waals surface area contributed by atoms with Crippen molar-refractivity contribution in [3.63, 3.8) is 0 Å². The molecule has 1 atom stereocenters. The van der Waals surface area contributed by atoms with Crippen LogP contribution >= 0.6 is 12.6 Å². The van der Waals surface area contributed by atoms with Crippen LogP contribution in [0.2, 0.25) is 0 Å². The predicted molar refractivity (Wildman–Crippen MR) is 63.3 cm³/mol. The maximum absolute atomic E-state index is 11.4. The number of hydrogen-bond donors (Lipinski definition) is 5. The highest BCUT2D eigenvalue weighted by Crippen LogP contribution is 1.93. The van der Waals surface area contributed by atoms with E-state index < -0.39 is 36.3 Å². The molecule has 1 unspecified atom stereocenters. The molecule has 0 aliphatic heterocycles. The summed E-state index contributed by atoms with van der Waals surface area (Å²) >= 11 is 3.84. The van der Waals surface area contributed by atoms with Gasteiger partial charge in [-0.15, -0.1) is 0 Å². The van der Waals surface area contributed by atoms with Crippen molar-refractivity contribution in [2.75, 3.05) is 12.3 Å². The Bertz CT molecular complexity index is 346. The third-order valence-electron chi connectivity index (χ3n) is 1.81. The highest BCUT2D eigenvalue weighted by atomic mass is 32.1. The molecule has 18 heavy (non-hydrogen) atoms. The van der Waals surface area contributed by atoms with Gasteiger partial charge in [0.25, 0.3) is 0 Å². The van der Waals surface area contributed by atoms with Gasteiger partial charge in [0, 0.05) is 12.2 Å². The van der Waals surface area contributed by atoms with Gasteiger partial charge in [0.1, 0.15) is 12.6 Å². The number of aliphatic carboxylic acids is 2. The van der Waals surface area contributed by atoms with Crippen molar-refractivity contribution in [3.05, 3.63) is 0 Å². The fraction of sp³-hybridized carbons (Fsp3) is 0.556. The molecule has 0 aromatic rings. The smallest absolute Gasteiger partial charge is 0.322 e. The van der Waals surface area contributed by atoms with E-state index in [0.717, 1.165) is 0 Å². The lowest BCUT2D eigenvalue weighted by molar-refractivity contribution is -0.139. The molecule has 102 valence electrons. The number of nitrogens with one attached hydrogen (secondary N) is 2. The first-order valence-electron chi connectivity index (χ1n) is 4.98. The molecule has 0 heterocycles. The standard InChI is InChI=1S/C9H14N2O6S/c12-6(1-2-7(13)14)11-5(4-18)9(17)10-3-8(15)16/h5,18H,1-4H2,(H,10,17)(H,11,12)(H,13,14)(H,15,16). The van der Waals surface area contributed by atoms with Crippen molar-refractivity contribution < 1.29 is 29.4 Å². The maximum Gasteiger partial charge on any atom is 0.322 e. The highest BCUT2D eigenvalue weighted by molar-refractivity contribution is 7.80. The molecule has 0 bridgehead atoms. The van der Waals surface area contributed by atoms with Gasteiger partial charge in [0.15, 0.2) is 0 Å². The average molecular weight is 278 g/mol. The molecule has 0 saturated carbocycles. The second-order valence-electron chi connectivity index (χ2n) is 3.31. The van der Waals surface area contributed by atoms with Crippen LogP contribution in [0.4, 0.5) is 0 Å². The van der Waals surface area contributed by atoms with Crippen molar-refractivity contribution in [1.29, 1.82) is 0 Å². The van der Waals surface area contributed by atoms with Gasteiger partial charge in [-0.25, -0.2) is 0 Å². The summed E-state index contributed by atoms with van der Waals surface area (Å²) in [4.78, 5) is 43.1. The zero-order valence-electron chi connectivity index (χ0n) is 9.38. The Balaban J connectivity index is 4.16. The molecule has 0 aliphatic carbocycles. The van der Waals surface area contributed by atoms with Crippen LogP contribution in [-0.4, -0.2) is 52.3 Å². The maximum atomic E-state index is 11.4. The van der Waals surface area contributed by atoms with Gasteiger partial charge >= 0.3 is 11.9 Å². The van der Waals surface area contributed by atoms with E-state index in [0.29, 0.717) is 0 Å². The highest BCUT2D eigenvalue weighted by Gasteiger charge is 2.19. The summed E-state index contributed by atoms with van der Waals surface area (Å²) in [7, 11) is 0. The third-order valence-corrected chi connectivity index (χ3v) is 2.18. The Hall–Kier alpha value is -1.77. The molecule has 9 heteroatoms. The van der Waals surface area contributed by atoms with Gasteiger partial charge in [-0.2, -0.15) is 12.6 Å². The molecule has 0 rings (SSSR count). The minimum absolute atomic E-state index is 0.0235. The summed E-state index contributed by atoms with van der Waals surface area (Å²) < 4.78 is 0. The van der Waals surface area contributed by atoms with Crippen molar-refractivity contribution >= 4 is 36.4 Å². The molecule has 0 spiro atoms. The second-order valence-corrected chi connectivity index (χ2v) is 3.67. The van der Waals surface area contributed by atoms with Crippen LogP contribution in [0.3, 0.4) is 0 Å². The van der Waals surface area contributed by atoms with Crippen LogP contribution in [0.5, 0.6) is 0 Å². The third kappa shape index (κ3) is 7.49. The molecular formula is C9H14N2O6S. The summed E-state index contributed by atoms with van der Waals surface area (Å²) in [6, 6.07) is -0.992. The largest absolute Gasteiger partial charge is 0.481 e. The Kier molecular flexibility index (Phi) is 7.52. The Morgan fingerprint density at radius 1 is 1.06 bits per heavy atom.